The van der Waals surface area contributed by atoms with Gasteiger partial charge in [-0.05, 0) is 37.0 Å². The Morgan fingerprint density at radius 3 is 2.81 bits per heavy atom. The molecule has 1 aromatic rings. The lowest BCUT2D eigenvalue weighted by Crippen LogP contribution is -2.53. The fourth-order valence-electron chi connectivity index (χ4n) is 2.62. The summed E-state index contributed by atoms with van der Waals surface area (Å²) in [5.74, 6) is 0.804. The zero-order valence-electron chi connectivity index (χ0n) is 13.0. The van der Waals surface area contributed by atoms with Crippen molar-refractivity contribution in [2.24, 2.45) is 11.1 Å². The average molecular weight is 313 g/mol. The summed E-state index contributed by atoms with van der Waals surface area (Å²) >= 11 is 0. The molecule has 1 fully saturated rings. The van der Waals surface area contributed by atoms with Gasteiger partial charge in [0, 0.05) is 24.7 Å². The van der Waals surface area contributed by atoms with Crippen molar-refractivity contribution in [1.29, 1.82) is 0 Å². The number of rotatable bonds is 3. The zero-order chi connectivity index (χ0) is 14.8. The Labute approximate surface area is 133 Å². The number of amides is 1. The van der Waals surface area contributed by atoms with E-state index < -0.39 is 0 Å². The van der Waals surface area contributed by atoms with Crippen LogP contribution in [-0.4, -0.2) is 36.5 Å². The van der Waals surface area contributed by atoms with Crippen molar-refractivity contribution >= 4 is 18.3 Å². The monoisotopic (exact) mass is 312 g/mol. The molecule has 1 unspecified atom stereocenters. The first-order chi connectivity index (χ1) is 9.44. The molecule has 0 aliphatic carbocycles. The summed E-state index contributed by atoms with van der Waals surface area (Å²) in [6.07, 6.45) is 0.851. The van der Waals surface area contributed by atoms with Crippen LogP contribution >= 0.6 is 12.4 Å². The van der Waals surface area contributed by atoms with Gasteiger partial charge in [0.15, 0.2) is 0 Å². The fraction of sp³-hybridized carbons (Fsp3) is 0.562. The second kappa shape index (κ2) is 7.14. The molecule has 0 aromatic heterocycles. The number of ether oxygens (including phenoxy) is 1. The van der Waals surface area contributed by atoms with Crippen molar-refractivity contribution < 1.29 is 9.53 Å². The fourth-order valence-corrected chi connectivity index (χ4v) is 2.62. The quantitative estimate of drug-likeness (QED) is 0.933. The number of carbonyl (C=O) groups is 1. The number of hydrogen-bond acceptors (Lipinski definition) is 3. The molecule has 1 aliphatic heterocycles. The zero-order valence-corrected chi connectivity index (χ0v) is 13.8. The highest BCUT2D eigenvalue weighted by Crippen LogP contribution is 2.28. The molecule has 5 heteroatoms. The van der Waals surface area contributed by atoms with Crippen LogP contribution in [0, 0.1) is 5.41 Å². The maximum Gasteiger partial charge on any atom is 0.254 e. The van der Waals surface area contributed by atoms with E-state index in [9.17, 15) is 4.79 Å². The molecule has 1 aliphatic rings. The van der Waals surface area contributed by atoms with E-state index in [0.29, 0.717) is 18.7 Å². The molecule has 1 amide bonds. The van der Waals surface area contributed by atoms with Crippen LogP contribution in [0.1, 0.15) is 37.6 Å². The van der Waals surface area contributed by atoms with Crippen molar-refractivity contribution in [2.45, 2.75) is 33.2 Å². The lowest BCUT2D eigenvalue weighted by atomic mass is 9.79. The van der Waals surface area contributed by atoms with Gasteiger partial charge in [0.25, 0.3) is 5.91 Å². The minimum absolute atomic E-state index is 0. The number of piperidine rings is 1. The highest BCUT2D eigenvalue weighted by atomic mass is 35.5. The van der Waals surface area contributed by atoms with Gasteiger partial charge in [0.05, 0.1) is 6.61 Å². The Kier molecular flexibility index (Phi) is 6.05. The molecule has 1 saturated heterocycles. The molecule has 2 N–H and O–H groups in total. The lowest BCUT2D eigenvalue weighted by Gasteiger charge is -2.42. The Bertz CT molecular complexity index is 491. The standard InChI is InChI=1S/C16H24N2O2.ClH/c1-4-20-13-7-5-6-12(10-13)15(19)18-9-8-14(17)16(2,3)11-18;/h5-7,10,14H,4,8-9,11,17H2,1-3H3;1H. The van der Waals surface area contributed by atoms with E-state index in [-0.39, 0.29) is 29.8 Å². The third kappa shape index (κ3) is 4.11. The van der Waals surface area contributed by atoms with Crippen molar-refractivity contribution in [3.05, 3.63) is 29.8 Å². The number of hydrogen-bond donors (Lipinski definition) is 1. The van der Waals surface area contributed by atoms with Crippen LogP contribution in [0.4, 0.5) is 0 Å². The Hall–Kier alpha value is -1.26. The highest BCUT2D eigenvalue weighted by molar-refractivity contribution is 5.94. The molecular weight excluding hydrogens is 288 g/mol. The SMILES string of the molecule is CCOc1cccc(C(=O)N2CCC(N)C(C)(C)C2)c1.Cl. The molecule has 21 heavy (non-hydrogen) atoms. The van der Waals surface area contributed by atoms with Crippen LogP contribution in [0.5, 0.6) is 5.75 Å². The third-order valence-electron chi connectivity index (χ3n) is 3.99. The van der Waals surface area contributed by atoms with E-state index in [1.807, 2.05) is 36.1 Å². The largest absolute Gasteiger partial charge is 0.494 e. The molecule has 0 bridgehead atoms. The van der Waals surface area contributed by atoms with Gasteiger partial charge < -0.3 is 15.4 Å². The normalized spacial score (nSPS) is 20.6. The van der Waals surface area contributed by atoms with Gasteiger partial charge in [-0.3, -0.25) is 4.79 Å². The van der Waals surface area contributed by atoms with Gasteiger partial charge in [-0.1, -0.05) is 19.9 Å². The first-order valence-corrected chi connectivity index (χ1v) is 7.22. The average Bonchev–Trinajstić information content (AvgIpc) is 2.42. The summed E-state index contributed by atoms with van der Waals surface area (Å²) in [4.78, 5) is 14.5. The summed E-state index contributed by atoms with van der Waals surface area (Å²) in [6.45, 7) is 8.20. The Morgan fingerprint density at radius 1 is 1.48 bits per heavy atom. The number of likely N-dealkylation sites (tertiary alicyclic amines) is 1. The van der Waals surface area contributed by atoms with E-state index in [0.717, 1.165) is 18.7 Å². The first kappa shape index (κ1) is 17.8. The predicted octanol–water partition coefficient (Wildman–Crippen LogP) is 2.71. The van der Waals surface area contributed by atoms with Crippen LogP contribution in [0.25, 0.3) is 0 Å². The van der Waals surface area contributed by atoms with E-state index >= 15 is 0 Å². The Morgan fingerprint density at radius 2 is 2.19 bits per heavy atom. The van der Waals surface area contributed by atoms with Gasteiger partial charge in [-0.2, -0.15) is 0 Å². The molecule has 1 aromatic carbocycles. The summed E-state index contributed by atoms with van der Waals surface area (Å²) in [5.41, 5.74) is 6.77. The van der Waals surface area contributed by atoms with Gasteiger partial charge >= 0.3 is 0 Å². The van der Waals surface area contributed by atoms with Gasteiger partial charge in [0.1, 0.15) is 5.75 Å². The summed E-state index contributed by atoms with van der Waals surface area (Å²) in [5, 5.41) is 0. The number of carbonyl (C=O) groups excluding carboxylic acids is 1. The van der Waals surface area contributed by atoms with Crippen LogP contribution in [0.3, 0.4) is 0 Å². The second-order valence-corrected chi connectivity index (χ2v) is 6.07. The highest BCUT2D eigenvalue weighted by Gasteiger charge is 2.35. The van der Waals surface area contributed by atoms with E-state index in [2.05, 4.69) is 13.8 Å². The molecular formula is C16H25ClN2O2. The molecule has 4 nitrogen and oxygen atoms in total. The molecule has 0 saturated carbocycles. The lowest BCUT2D eigenvalue weighted by molar-refractivity contribution is 0.0532. The molecule has 118 valence electrons. The number of halogens is 1. The smallest absolute Gasteiger partial charge is 0.254 e. The number of nitrogens with two attached hydrogens (primary N) is 1. The topological polar surface area (TPSA) is 55.6 Å². The summed E-state index contributed by atoms with van der Waals surface area (Å²) in [7, 11) is 0. The van der Waals surface area contributed by atoms with E-state index in [4.69, 9.17) is 10.5 Å². The maximum atomic E-state index is 12.6. The van der Waals surface area contributed by atoms with E-state index in [1.54, 1.807) is 0 Å². The minimum Gasteiger partial charge on any atom is -0.494 e. The van der Waals surface area contributed by atoms with Crippen molar-refractivity contribution in [1.82, 2.24) is 4.90 Å². The van der Waals surface area contributed by atoms with Crippen LogP contribution in [0.2, 0.25) is 0 Å². The van der Waals surface area contributed by atoms with Crippen molar-refractivity contribution in [2.75, 3.05) is 19.7 Å². The van der Waals surface area contributed by atoms with Crippen LogP contribution in [0.15, 0.2) is 24.3 Å². The van der Waals surface area contributed by atoms with Gasteiger partial charge in [-0.25, -0.2) is 0 Å². The Balaban J connectivity index is 0.00000220. The van der Waals surface area contributed by atoms with Gasteiger partial charge in [-0.15, -0.1) is 12.4 Å². The van der Waals surface area contributed by atoms with Crippen LogP contribution < -0.4 is 10.5 Å². The molecule has 2 rings (SSSR count). The first-order valence-electron chi connectivity index (χ1n) is 7.22. The summed E-state index contributed by atoms with van der Waals surface area (Å²) in [6, 6.07) is 7.54. The molecule has 0 spiro atoms. The number of benzene rings is 1. The molecule has 1 heterocycles. The predicted molar refractivity (Wildman–Crippen MR) is 87.1 cm³/mol. The van der Waals surface area contributed by atoms with E-state index in [1.165, 1.54) is 0 Å². The van der Waals surface area contributed by atoms with Crippen molar-refractivity contribution in [3.63, 3.8) is 0 Å². The maximum absolute atomic E-state index is 12.6. The van der Waals surface area contributed by atoms with Gasteiger partial charge in [0.2, 0.25) is 0 Å². The second-order valence-electron chi connectivity index (χ2n) is 6.07. The van der Waals surface area contributed by atoms with Crippen molar-refractivity contribution in [3.8, 4) is 5.75 Å². The number of nitrogens with zero attached hydrogens (tertiary/aromatic N) is 1. The minimum atomic E-state index is -0.0363. The van der Waals surface area contributed by atoms with Crippen LogP contribution in [-0.2, 0) is 0 Å². The summed E-state index contributed by atoms with van der Waals surface area (Å²) < 4.78 is 5.45. The molecule has 1 atom stereocenters. The third-order valence-corrected chi connectivity index (χ3v) is 3.99. The molecule has 0 radical (unpaired) electrons.